The average Bonchev–Trinajstić information content (AvgIpc) is 3.51. The van der Waals surface area contributed by atoms with Crippen molar-refractivity contribution in [3.8, 4) is 22.6 Å². The van der Waals surface area contributed by atoms with Gasteiger partial charge < -0.3 is 5.32 Å². The molecule has 0 amide bonds. The van der Waals surface area contributed by atoms with E-state index >= 15 is 0 Å². The van der Waals surface area contributed by atoms with Crippen LogP contribution in [0.5, 0.6) is 0 Å². The van der Waals surface area contributed by atoms with Crippen LogP contribution in [0.15, 0.2) is 210 Å². The zero-order valence-corrected chi connectivity index (χ0v) is 29.8. The smallest absolute Gasteiger partial charge is 0.160 e. The Morgan fingerprint density at radius 3 is 2.04 bits per heavy atom. The van der Waals surface area contributed by atoms with Crippen LogP contribution in [0.4, 0.5) is 0 Å². The van der Waals surface area contributed by atoms with E-state index in [0.29, 0.717) is 11.5 Å². The second-order valence-corrected chi connectivity index (χ2v) is 13.6. The number of para-hydroxylation sites is 1. The third-order valence-electron chi connectivity index (χ3n) is 10.3. The molecule has 2 heterocycles. The lowest BCUT2D eigenvalue weighted by Crippen LogP contribution is -2.26. The quantitative estimate of drug-likeness (QED) is 0.164. The molecule has 0 bridgehead atoms. The highest BCUT2D eigenvalue weighted by molar-refractivity contribution is 6.15. The highest BCUT2D eigenvalue weighted by atomic mass is 14.9. The molecule has 54 heavy (non-hydrogen) atoms. The van der Waals surface area contributed by atoms with Gasteiger partial charge in [0.1, 0.15) is 0 Å². The standard InChI is InChI=1S/C50H38N4/c51-46(36-20-8-2-9-21-36)45(34-18-6-1-7-19-34)49-41-27-15-5-14-26-40(41)44(48(53-49)37-22-10-3-11-23-37)35-30-32-38(33-31-35)47-42-28-16-17-29-43(42)52-50(54-47)39-24-12-4-13-25-39/h1-6,8-18,20-26,28-33,51,53H,7,19,27H2/b49-45-,51-46?. The molecule has 258 valence electrons. The maximum absolute atomic E-state index is 9.69. The van der Waals surface area contributed by atoms with Gasteiger partial charge in [0.2, 0.25) is 0 Å². The third kappa shape index (κ3) is 6.29. The van der Waals surface area contributed by atoms with Crippen LogP contribution in [0.1, 0.15) is 36.0 Å². The van der Waals surface area contributed by atoms with Crippen molar-refractivity contribution in [2.24, 2.45) is 0 Å². The summed E-state index contributed by atoms with van der Waals surface area (Å²) in [5.41, 5.74) is 15.1. The van der Waals surface area contributed by atoms with Crippen molar-refractivity contribution < 1.29 is 0 Å². The monoisotopic (exact) mass is 694 g/mol. The molecule has 9 rings (SSSR count). The number of allylic oxidation sites excluding steroid dienone is 12. The van der Waals surface area contributed by atoms with Gasteiger partial charge in [-0.05, 0) is 53.2 Å². The van der Waals surface area contributed by atoms with E-state index in [-0.39, 0.29) is 0 Å². The van der Waals surface area contributed by atoms with Crippen molar-refractivity contribution in [2.75, 3.05) is 0 Å². The zero-order valence-electron chi connectivity index (χ0n) is 29.8. The van der Waals surface area contributed by atoms with Crippen molar-refractivity contribution in [1.82, 2.24) is 15.3 Å². The zero-order chi connectivity index (χ0) is 36.3. The van der Waals surface area contributed by atoms with Gasteiger partial charge in [-0.2, -0.15) is 0 Å². The van der Waals surface area contributed by atoms with Gasteiger partial charge in [0.15, 0.2) is 5.82 Å². The number of aromatic nitrogens is 2. The summed E-state index contributed by atoms with van der Waals surface area (Å²) in [5, 5.41) is 14.7. The minimum atomic E-state index is 0.524. The molecule has 0 radical (unpaired) electrons. The molecule has 0 fully saturated rings. The van der Waals surface area contributed by atoms with Gasteiger partial charge in [0.05, 0.1) is 28.3 Å². The molecule has 0 atom stereocenters. The van der Waals surface area contributed by atoms with Gasteiger partial charge in [-0.15, -0.1) is 0 Å². The molecule has 4 nitrogen and oxygen atoms in total. The lowest BCUT2D eigenvalue weighted by Gasteiger charge is -2.32. The molecule has 1 aromatic heterocycles. The van der Waals surface area contributed by atoms with Crippen molar-refractivity contribution in [3.63, 3.8) is 0 Å². The molecule has 4 heteroatoms. The highest BCUT2D eigenvalue weighted by Gasteiger charge is 2.30. The second-order valence-electron chi connectivity index (χ2n) is 13.6. The van der Waals surface area contributed by atoms with Gasteiger partial charge in [-0.3, -0.25) is 5.41 Å². The Balaban J connectivity index is 1.24. The number of benzene rings is 5. The molecule has 3 aliphatic rings. The molecule has 0 spiro atoms. The first-order chi connectivity index (χ1) is 26.7. The molecule has 0 saturated heterocycles. The predicted molar refractivity (Wildman–Crippen MR) is 223 cm³/mol. The Morgan fingerprint density at radius 2 is 1.30 bits per heavy atom. The lowest BCUT2D eigenvalue weighted by atomic mass is 9.80. The number of fused-ring (bicyclic) bond motifs is 1. The number of nitrogens with zero attached hydrogens (tertiary/aromatic N) is 2. The third-order valence-corrected chi connectivity index (χ3v) is 10.3. The number of hydrogen-bond acceptors (Lipinski definition) is 4. The van der Waals surface area contributed by atoms with E-state index in [1.54, 1.807) is 0 Å². The Morgan fingerprint density at radius 1 is 0.611 bits per heavy atom. The van der Waals surface area contributed by atoms with Crippen molar-refractivity contribution in [2.45, 2.75) is 19.3 Å². The van der Waals surface area contributed by atoms with Crippen LogP contribution in [-0.4, -0.2) is 15.7 Å². The van der Waals surface area contributed by atoms with Gasteiger partial charge >= 0.3 is 0 Å². The Hall–Kier alpha value is -6.91. The van der Waals surface area contributed by atoms with Crippen molar-refractivity contribution in [3.05, 3.63) is 227 Å². The summed E-state index contributed by atoms with van der Waals surface area (Å²) in [4.78, 5) is 10.1. The first kappa shape index (κ1) is 33.0. The number of hydrogen-bond donors (Lipinski definition) is 2. The molecule has 0 unspecified atom stereocenters. The molecule has 2 aliphatic carbocycles. The maximum atomic E-state index is 9.69. The van der Waals surface area contributed by atoms with Gasteiger partial charge in [-0.25, -0.2) is 9.97 Å². The summed E-state index contributed by atoms with van der Waals surface area (Å²) in [7, 11) is 0. The van der Waals surface area contributed by atoms with Crippen LogP contribution in [0.3, 0.4) is 0 Å². The second kappa shape index (κ2) is 14.6. The van der Waals surface area contributed by atoms with E-state index in [4.69, 9.17) is 9.97 Å². The fraction of sp³-hybridized carbons (Fsp3) is 0.0600. The van der Waals surface area contributed by atoms with E-state index in [0.717, 1.165) is 91.8 Å². The van der Waals surface area contributed by atoms with Crippen LogP contribution in [0.2, 0.25) is 0 Å². The Kier molecular flexibility index (Phi) is 8.92. The van der Waals surface area contributed by atoms with Crippen LogP contribution < -0.4 is 5.32 Å². The van der Waals surface area contributed by atoms with Gasteiger partial charge in [0, 0.05) is 33.2 Å². The van der Waals surface area contributed by atoms with Crippen LogP contribution in [0.25, 0.3) is 44.8 Å². The lowest BCUT2D eigenvalue weighted by molar-refractivity contribution is 0.950. The normalized spacial score (nSPS) is 16.1. The van der Waals surface area contributed by atoms with Crippen molar-refractivity contribution >= 4 is 27.9 Å². The largest absolute Gasteiger partial charge is 0.354 e. The molecule has 0 saturated carbocycles. The summed E-state index contributed by atoms with van der Waals surface area (Å²) in [6, 6.07) is 47.9. The van der Waals surface area contributed by atoms with E-state index in [2.05, 4.69) is 127 Å². The van der Waals surface area contributed by atoms with Crippen molar-refractivity contribution in [1.29, 1.82) is 5.41 Å². The Bertz CT molecular complexity index is 2620. The number of nitrogens with one attached hydrogen (secondary N) is 2. The number of dihydropyridines is 1. The van der Waals surface area contributed by atoms with Crippen LogP contribution in [0, 0.1) is 5.41 Å². The summed E-state index contributed by atoms with van der Waals surface area (Å²) >= 11 is 0. The fourth-order valence-corrected chi connectivity index (χ4v) is 7.64. The summed E-state index contributed by atoms with van der Waals surface area (Å²) in [6.45, 7) is 0. The van der Waals surface area contributed by atoms with E-state index in [1.807, 2.05) is 60.7 Å². The van der Waals surface area contributed by atoms with Gasteiger partial charge in [-0.1, -0.05) is 176 Å². The minimum Gasteiger partial charge on any atom is -0.354 e. The number of rotatable bonds is 7. The fourth-order valence-electron chi connectivity index (χ4n) is 7.64. The summed E-state index contributed by atoms with van der Waals surface area (Å²) in [5.74, 6) is 0.713. The topological polar surface area (TPSA) is 61.7 Å². The minimum absolute atomic E-state index is 0.524. The highest BCUT2D eigenvalue weighted by Crippen LogP contribution is 2.44. The molecular formula is C50H38N4. The first-order valence-electron chi connectivity index (χ1n) is 18.5. The molecule has 5 aromatic carbocycles. The average molecular weight is 695 g/mol. The Labute approximate surface area is 316 Å². The summed E-state index contributed by atoms with van der Waals surface area (Å²) < 4.78 is 0. The van der Waals surface area contributed by atoms with Crippen LogP contribution in [-0.2, 0) is 0 Å². The molecule has 1 aliphatic heterocycles. The first-order valence-corrected chi connectivity index (χ1v) is 18.5. The summed E-state index contributed by atoms with van der Waals surface area (Å²) in [6.07, 6.45) is 17.8. The van der Waals surface area contributed by atoms with Gasteiger partial charge in [0.25, 0.3) is 0 Å². The molecule has 6 aromatic rings. The van der Waals surface area contributed by atoms with E-state index in [1.165, 1.54) is 11.1 Å². The predicted octanol–water partition coefficient (Wildman–Crippen LogP) is 11.8. The van der Waals surface area contributed by atoms with Crippen LogP contribution >= 0.6 is 0 Å². The molecule has 2 N–H and O–H groups in total. The van der Waals surface area contributed by atoms with E-state index < -0.39 is 0 Å². The maximum Gasteiger partial charge on any atom is 0.160 e. The molecular weight excluding hydrogens is 657 g/mol. The van der Waals surface area contributed by atoms with E-state index in [9.17, 15) is 5.41 Å². The SMILES string of the molecule is N=C(/C(C1=CC=CCC1)=C1\NC(c2ccccc2)=C(c2ccc(-c3nc(-c4ccccc4)nc4ccccc34)cc2)C2=C1CC=CC=C2)c1ccccc1.